The molecule has 12 heteroatoms. The molecule has 0 aliphatic carbocycles. The number of rotatable bonds is 4. The van der Waals surface area contributed by atoms with E-state index < -0.39 is 28.9 Å². The van der Waals surface area contributed by atoms with E-state index in [2.05, 4.69) is 47.2 Å². The van der Waals surface area contributed by atoms with Gasteiger partial charge in [-0.25, -0.2) is 9.37 Å². The summed E-state index contributed by atoms with van der Waals surface area (Å²) < 4.78 is 52.3. The molecule has 1 aromatic carbocycles. The number of benzene rings is 1. The lowest BCUT2D eigenvalue weighted by atomic mass is 9.96. The Labute approximate surface area is 176 Å². The summed E-state index contributed by atoms with van der Waals surface area (Å²) in [4.78, 5) is 18.8. The fourth-order valence-corrected chi connectivity index (χ4v) is 4.26. The van der Waals surface area contributed by atoms with Gasteiger partial charge in [0.15, 0.2) is 10.8 Å². The summed E-state index contributed by atoms with van der Waals surface area (Å²) in [6.45, 7) is 0. The number of aliphatic imine (C=N–C) groups is 1. The van der Waals surface area contributed by atoms with Crippen LogP contribution in [0.1, 0.15) is 21.5 Å². The average Bonchev–Trinajstić information content (AvgIpc) is 3.11. The Morgan fingerprint density at radius 2 is 2.07 bits per heavy atom. The first-order valence-electron chi connectivity index (χ1n) is 7.45. The first-order chi connectivity index (χ1) is 13.1. The van der Waals surface area contributed by atoms with Crippen molar-refractivity contribution in [3.8, 4) is 0 Å². The number of halogens is 6. The van der Waals surface area contributed by atoms with E-state index >= 15 is 0 Å². The molecule has 1 aliphatic rings. The molecule has 0 fully saturated rings. The Kier molecular flexibility index (Phi) is 5.92. The van der Waals surface area contributed by atoms with E-state index in [9.17, 15) is 27.5 Å². The lowest BCUT2D eigenvalue weighted by molar-refractivity contribution is -0.299. The molecule has 0 saturated carbocycles. The number of carbonyl (C=O) groups is 1. The summed E-state index contributed by atoms with van der Waals surface area (Å²) in [6, 6.07) is 2.47. The fourth-order valence-electron chi connectivity index (χ4n) is 2.51. The molecule has 5 nitrogen and oxygen atoms in total. The van der Waals surface area contributed by atoms with Gasteiger partial charge in [-0.3, -0.25) is 4.99 Å². The van der Waals surface area contributed by atoms with Crippen LogP contribution in [0, 0.1) is 5.82 Å². The van der Waals surface area contributed by atoms with Crippen LogP contribution in [0.4, 0.5) is 17.6 Å². The highest BCUT2D eigenvalue weighted by Crippen LogP contribution is 2.38. The summed E-state index contributed by atoms with van der Waals surface area (Å²) in [5, 5.41) is 14.4. The molecule has 0 amide bonds. The third kappa shape index (κ3) is 4.13. The maximum Gasteiger partial charge on any atom is 0.427 e. The standard InChI is InChI=1S/C16H9Br2F4N3O2S/c17-4-9-11(15(26)27)12(7-2-1-6(19)3-8(7)18)25-13(24-9)14-23-5-10(28-14)16(20,21)22/h1-3,5,12H,4H2,(H,24,25)(H,26,27)/p-1. The minimum Gasteiger partial charge on any atom is -0.545 e. The van der Waals surface area contributed by atoms with Gasteiger partial charge in [-0.2, -0.15) is 13.2 Å². The predicted molar refractivity (Wildman–Crippen MR) is 99.5 cm³/mol. The van der Waals surface area contributed by atoms with Crippen molar-refractivity contribution in [3.05, 3.63) is 61.4 Å². The Morgan fingerprint density at radius 1 is 1.36 bits per heavy atom. The van der Waals surface area contributed by atoms with Crippen LogP contribution in [-0.2, 0) is 11.0 Å². The van der Waals surface area contributed by atoms with Crippen molar-refractivity contribution in [2.45, 2.75) is 12.2 Å². The summed E-state index contributed by atoms with van der Waals surface area (Å²) in [5.74, 6) is -2.09. The molecule has 0 radical (unpaired) electrons. The molecule has 3 rings (SSSR count). The summed E-state index contributed by atoms with van der Waals surface area (Å²) >= 11 is 6.69. The first kappa shape index (κ1) is 20.9. The number of carboxylic acids is 1. The van der Waals surface area contributed by atoms with Crippen LogP contribution in [-0.4, -0.2) is 22.1 Å². The zero-order valence-electron chi connectivity index (χ0n) is 13.5. The van der Waals surface area contributed by atoms with Gasteiger partial charge in [0.25, 0.3) is 0 Å². The van der Waals surface area contributed by atoms with E-state index in [1.54, 1.807) is 0 Å². The molecular formula is C16H8Br2F4N3O2S-. The van der Waals surface area contributed by atoms with Gasteiger partial charge in [0, 0.05) is 21.1 Å². The number of allylic oxidation sites excluding steroid dienone is 1. The molecule has 28 heavy (non-hydrogen) atoms. The third-order valence-corrected chi connectivity index (χ3v) is 6.02. The Hall–Kier alpha value is -1.79. The number of carboxylic acid groups (broad SMARTS) is 1. The number of nitrogens with zero attached hydrogens (tertiary/aromatic N) is 2. The molecule has 1 unspecified atom stereocenters. The SMILES string of the molecule is O=C([O-])C1=C(CBr)NC(c2ncc(C(F)(F)F)s2)=NC1c1ccc(F)cc1Br. The Morgan fingerprint density at radius 3 is 2.61 bits per heavy atom. The number of amidine groups is 1. The highest BCUT2D eigenvalue weighted by molar-refractivity contribution is 9.10. The van der Waals surface area contributed by atoms with Crippen LogP contribution in [0.15, 0.2) is 45.1 Å². The zero-order chi connectivity index (χ0) is 20.6. The molecule has 148 valence electrons. The Bertz CT molecular complexity index is 1000. The second-order valence-electron chi connectivity index (χ2n) is 5.51. The van der Waals surface area contributed by atoms with Gasteiger partial charge in [0.1, 0.15) is 16.7 Å². The highest BCUT2D eigenvalue weighted by Gasteiger charge is 2.35. The largest absolute Gasteiger partial charge is 0.545 e. The van der Waals surface area contributed by atoms with E-state index in [0.717, 1.165) is 12.1 Å². The number of carbonyl (C=O) groups excluding carboxylic acids is 1. The number of aromatic nitrogens is 1. The minimum atomic E-state index is -4.56. The van der Waals surface area contributed by atoms with Crippen LogP contribution >= 0.6 is 43.2 Å². The number of hydrogen-bond donors (Lipinski definition) is 1. The molecule has 1 aromatic heterocycles. The van der Waals surface area contributed by atoms with Crippen molar-refractivity contribution in [1.29, 1.82) is 0 Å². The van der Waals surface area contributed by atoms with E-state index in [0.29, 0.717) is 23.1 Å². The van der Waals surface area contributed by atoms with E-state index in [1.807, 2.05) is 0 Å². The van der Waals surface area contributed by atoms with Crippen LogP contribution < -0.4 is 10.4 Å². The molecule has 1 aliphatic heterocycles. The van der Waals surface area contributed by atoms with Crippen LogP contribution in [0.2, 0.25) is 0 Å². The molecule has 1 atom stereocenters. The zero-order valence-corrected chi connectivity index (χ0v) is 17.5. The average molecular weight is 542 g/mol. The van der Waals surface area contributed by atoms with Gasteiger partial charge in [-0.05, 0) is 17.7 Å². The van der Waals surface area contributed by atoms with Gasteiger partial charge in [-0.1, -0.05) is 37.9 Å². The van der Waals surface area contributed by atoms with E-state index in [-0.39, 0.29) is 31.9 Å². The molecule has 2 aromatic rings. The number of nitrogens with one attached hydrogen (secondary N) is 1. The lowest BCUT2D eigenvalue weighted by Gasteiger charge is -2.28. The smallest absolute Gasteiger partial charge is 0.427 e. The number of hydrogen-bond acceptors (Lipinski definition) is 6. The number of alkyl halides is 4. The highest BCUT2D eigenvalue weighted by atomic mass is 79.9. The monoisotopic (exact) mass is 540 g/mol. The van der Waals surface area contributed by atoms with Crippen molar-refractivity contribution in [2.24, 2.45) is 4.99 Å². The molecule has 0 saturated heterocycles. The quantitative estimate of drug-likeness (QED) is 0.474. The van der Waals surface area contributed by atoms with E-state index in [4.69, 9.17) is 0 Å². The van der Waals surface area contributed by atoms with Gasteiger partial charge >= 0.3 is 6.18 Å². The predicted octanol–water partition coefficient (Wildman–Crippen LogP) is 3.55. The molecule has 0 spiro atoms. The van der Waals surface area contributed by atoms with Gasteiger partial charge < -0.3 is 15.2 Å². The van der Waals surface area contributed by atoms with Crippen molar-refractivity contribution in [3.63, 3.8) is 0 Å². The van der Waals surface area contributed by atoms with Gasteiger partial charge in [-0.15, -0.1) is 11.3 Å². The summed E-state index contributed by atoms with van der Waals surface area (Å²) in [5.41, 5.74) is 0.237. The van der Waals surface area contributed by atoms with Crippen LogP contribution in [0.25, 0.3) is 0 Å². The molecule has 1 N–H and O–H groups in total. The summed E-state index contributed by atoms with van der Waals surface area (Å²) in [7, 11) is 0. The number of aliphatic carboxylic acids is 1. The van der Waals surface area contributed by atoms with Gasteiger partial charge in [0.2, 0.25) is 0 Å². The van der Waals surface area contributed by atoms with Crippen molar-refractivity contribution < 1.29 is 27.5 Å². The van der Waals surface area contributed by atoms with Crippen LogP contribution in [0.5, 0.6) is 0 Å². The molecular weight excluding hydrogens is 534 g/mol. The van der Waals surface area contributed by atoms with E-state index in [1.165, 1.54) is 6.07 Å². The van der Waals surface area contributed by atoms with Crippen molar-refractivity contribution >= 4 is 55.0 Å². The van der Waals surface area contributed by atoms with Crippen molar-refractivity contribution in [2.75, 3.05) is 5.33 Å². The molecule has 0 bridgehead atoms. The molecule has 2 heterocycles. The second kappa shape index (κ2) is 7.91. The number of thiazole rings is 1. The first-order valence-corrected chi connectivity index (χ1v) is 10.2. The maximum atomic E-state index is 13.4. The van der Waals surface area contributed by atoms with Gasteiger partial charge in [0.05, 0.1) is 12.2 Å². The second-order valence-corrected chi connectivity index (χ2v) is 7.96. The fraction of sp³-hybridized carbons (Fsp3) is 0.188. The Balaban J connectivity index is 2.13. The maximum absolute atomic E-state index is 13.4. The lowest BCUT2D eigenvalue weighted by Crippen LogP contribution is -2.38. The summed E-state index contributed by atoms with van der Waals surface area (Å²) in [6.07, 6.45) is -3.88. The minimum absolute atomic E-state index is 0.0267. The normalized spacial score (nSPS) is 17.4. The van der Waals surface area contributed by atoms with Crippen molar-refractivity contribution in [1.82, 2.24) is 10.3 Å². The third-order valence-electron chi connectivity index (χ3n) is 3.72. The van der Waals surface area contributed by atoms with Crippen LogP contribution in [0.3, 0.4) is 0 Å². The topological polar surface area (TPSA) is 77.4 Å².